The Morgan fingerprint density at radius 2 is 1.78 bits per heavy atom. The van der Waals surface area contributed by atoms with Crippen molar-refractivity contribution in [3.63, 3.8) is 0 Å². The average Bonchev–Trinajstić information content (AvgIpc) is 2.60. The topological polar surface area (TPSA) is 75.7 Å². The molecule has 0 spiro atoms. The Bertz CT molecular complexity index is 708. The number of nitrogens with one attached hydrogen (secondary N) is 1. The normalized spacial score (nSPS) is 17.7. The first kappa shape index (κ1) is 21.7. The molecule has 0 saturated carbocycles. The average molecular weight is 397 g/mol. The molecule has 2 rings (SSSR count). The lowest BCUT2D eigenvalue weighted by molar-refractivity contribution is -0.126. The maximum atomic E-state index is 12.4. The van der Waals surface area contributed by atoms with E-state index in [1.807, 2.05) is 32.9 Å². The number of carbonyl (C=O) groups is 1. The van der Waals surface area contributed by atoms with Gasteiger partial charge in [-0.1, -0.05) is 12.1 Å². The van der Waals surface area contributed by atoms with Gasteiger partial charge in [-0.2, -0.15) is 0 Å². The summed E-state index contributed by atoms with van der Waals surface area (Å²) in [6.07, 6.45) is 4.30. The van der Waals surface area contributed by atoms with Gasteiger partial charge in [-0.25, -0.2) is 12.7 Å². The zero-order valence-electron chi connectivity index (χ0n) is 16.8. The molecule has 0 aromatic heterocycles. The van der Waals surface area contributed by atoms with Gasteiger partial charge in [0.05, 0.1) is 12.4 Å². The third kappa shape index (κ3) is 7.14. The number of benzene rings is 1. The molecule has 7 heteroatoms. The molecule has 152 valence electrons. The number of aryl methyl sites for hydroxylation is 1. The molecule has 1 aromatic rings. The molecular formula is C20H32N2O4S. The summed E-state index contributed by atoms with van der Waals surface area (Å²) in [7, 11) is -3.15. The zero-order valence-corrected chi connectivity index (χ0v) is 17.6. The van der Waals surface area contributed by atoms with Gasteiger partial charge in [-0.15, -0.1) is 0 Å². The van der Waals surface area contributed by atoms with E-state index in [2.05, 4.69) is 17.4 Å². The van der Waals surface area contributed by atoms with Crippen molar-refractivity contribution in [1.29, 1.82) is 0 Å². The molecule has 1 saturated heterocycles. The first-order chi connectivity index (χ1) is 12.6. The first-order valence-corrected chi connectivity index (χ1v) is 11.5. The number of hydrogen-bond acceptors (Lipinski definition) is 4. The standard InChI is InChI=1S/C20H32N2O4S/c1-15(2)26-19-9-7-17(8-10-19)6-5-16(3)21-20(23)18-11-13-22(14-12-18)27(4,24)25/h7-10,15-16,18H,5-6,11-14H2,1-4H3,(H,21,23)/t16-/m0/s1. The molecule has 1 N–H and O–H groups in total. The lowest BCUT2D eigenvalue weighted by Crippen LogP contribution is -2.44. The SMILES string of the molecule is CC(C)Oc1ccc(CC[C@H](C)NC(=O)C2CCN(S(C)(=O)=O)CC2)cc1. The monoisotopic (exact) mass is 396 g/mol. The van der Waals surface area contributed by atoms with Gasteiger partial charge in [0.2, 0.25) is 15.9 Å². The van der Waals surface area contributed by atoms with E-state index in [9.17, 15) is 13.2 Å². The summed E-state index contributed by atoms with van der Waals surface area (Å²) >= 11 is 0. The minimum atomic E-state index is -3.15. The fraction of sp³-hybridized carbons (Fsp3) is 0.650. The highest BCUT2D eigenvalue weighted by Gasteiger charge is 2.29. The minimum Gasteiger partial charge on any atom is -0.491 e. The van der Waals surface area contributed by atoms with Crippen LogP contribution in [0.15, 0.2) is 24.3 Å². The van der Waals surface area contributed by atoms with Crippen molar-refractivity contribution >= 4 is 15.9 Å². The van der Waals surface area contributed by atoms with E-state index in [1.165, 1.54) is 16.1 Å². The Morgan fingerprint density at radius 1 is 1.19 bits per heavy atom. The minimum absolute atomic E-state index is 0.0383. The Balaban J connectivity index is 1.74. The van der Waals surface area contributed by atoms with E-state index in [1.54, 1.807) is 0 Å². The summed E-state index contributed by atoms with van der Waals surface area (Å²) in [5, 5.41) is 3.08. The molecule has 1 heterocycles. The number of rotatable bonds is 8. The second-order valence-corrected chi connectivity index (χ2v) is 9.68. The largest absolute Gasteiger partial charge is 0.491 e. The van der Waals surface area contributed by atoms with Crippen LogP contribution in [-0.2, 0) is 21.2 Å². The van der Waals surface area contributed by atoms with Gasteiger partial charge in [-0.3, -0.25) is 4.79 Å². The lowest BCUT2D eigenvalue weighted by atomic mass is 9.96. The maximum Gasteiger partial charge on any atom is 0.223 e. The number of hydrogen-bond donors (Lipinski definition) is 1. The van der Waals surface area contributed by atoms with Crippen LogP contribution in [0.1, 0.15) is 45.6 Å². The number of nitrogens with zero attached hydrogens (tertiary/aromatic N) is 1. The summed E-state index contributed by atoms with van der Waals surface area (Å²) < 4.78 is 30.2. The number of amides is 1. The lowest BCUT2D eigenvalue weighted by Gasteiger charge is -2.30. The van der Waals surface area contributed by atoms with Crippen LogP contribution in [0, 0.1) is 5.92 Å². The van der Waals surface area contributed by atoms with Gasteiger partial charge in [0.1, 0.15) is 5.75 Å². The summed E-state index contributed by atoms with van der Waals surface area (Å²) in [5.74, 6) is 0.810. The fourth-order valence-corrected chi connectivity index (χ4v) is 4.15. The Labute approximate surface area is 163 Å². The van der Waals surface area contributed by atoms with Crippen LogP contribution in [-0.4, -0.2) is 50.1 Å². The van der Waals surface area contributed by atoms with E-state index in [0.717, 1.165) is 18.6 Å². The highest BCUT2D eigenvalue weighted by atomic mass is 32.2. The third-order valence-electron chi connectivity index (χ3n) is 4.84. The van der Waals surface area contributed by atoms with Crippen molar-refractivity contribution in [3.8, 4) is 5.75 Å². The zero-order chi connectivity index (χ0) is 20.0. The van der Waals surface area contributed by atoms with Crippen molar-refractivity contribution in [2.45, 2.75) is 58.6 Å². The molecule has 1 atom stereocenters. The first-order valence-electron chi connectivity index (χ1n) is 9.66. The van der Waals surface area contributed by atoms with Gasteiger partial charge in [0.25, 0.3) is 0 Å². The molecule has 1 aliphatic heterocycles. The summed E-state index contributed by atoms with van der Waals surface area (Å²) in [5.41, 5.74) is 1.22. The molecule has 0 radical (unpaired) electrons. The van der Waals surface area contributed by atoms with Gasteiger partial charge < -0.3 is 10.1 Å². The van der Waals surface area contributed by atoms with E-state index >= 15 is 0 Å². The molecule has 1 amide bonds. The molecule has 1 aromatic carbocycles. The molecule has 0 aliphatic carbocycles. The molecule has 0 bridgehead atoms. The van der Waals surface area contributed by atoms with Crippen LogP contribution in [0.2, 0.25) is 0 Å². The second kappa shape index (κ2) is 9.55. The summed E-state index contributed by atoms with van der Waals surface area (Å²) in [6, 6.07) is 8.17. The van der Waals surface area contributed by atoms with Crippen LogP contribution < -0.4 is 10.1 Å². The Kier molecular flexibility index (Phi) is 7.68. The predicted octanol–water partition coefficient (Wildman–Crippen LogP) is 2.58. The molecule has 0 unspecified atom stereocenters. The summed E-state index contributed by atoms with van der Waals surface area (Å²) in [4.78, 5) is 12.4. The smallest absolute Gasteiger partial charge is 0.223 e. The highest BCUT2D eigenvalue weighted by molar-refractivity contribution is 7.88. The van der Waals surface area contributed by atoms with Gasteiger partial charge in [0.15, 0.2) is 0 Å². The van der Waals surface area contributed by atoms with Crippen LogP contribution in [0.25, 0.3) is 0 Å². The van der Waals surface area contributed by atoms with E-state index in [0.29, 0.717) is 25.9 Å². The van der Waals surface area contributed by atoms with Crippen LogP contribution in [0.3, 0.4) is 0 Å². The van der Waals surface area contributed by atoms with Gasteiger partial charge >= 0.3 is 0 Å². The quantitative estimate of drug-likeness (QED) is 0.733. The second-order valence-electron chi connectivity index (χ2n) is 7.70. The van der Waals surface area contributed by atoms with Crippen molar-refractivity contribution in [1.82, 2.24) is 9.62 Å². The molecule has 1 fully saturated rings. The van der Waals surface area contributed by atoms with Crippen molar-refractivity contribution in [2.75, 3.05) is 19.3 Å². The van der Waals surface area contributed by atoms with Crippen molar-refractivity contribution < 1.29 is 17.9 Å². The maximum absolute atomic E-state index is 12.4. The van der Waals surface area contributed by atoms with Crippen LogP contribution in [0.4, 0.5) is 0 Å². The summed E-state index contributed by atoms with van der Waals surface area (Å²) in [6.45, 7) is 6.87. The molecular weight excluding hydrogens is 364 g/mol. The fourth-order valence-electron chi connectivity index (χ4n) is 3.27. The van der Waals surface area contributed by atoms with E-state index < -0.39 is 10.0 Å². The van der Waals surface area contributed by atoms with E-state index in [-0.39, 0.29) is 24.0 Å². The van der Waals surface area contributed by atoms with Crippen LogP contribution >= 0.6 is 0 Å². The third-order valence-corrected chi connectivity index (χ3v) is 6.15. The molecule has 1 aliphatic rings. The predicted molar refractivity (Wildman–Crippen MR) is 107 cm³/mol. The van der Waals surface area contributed by atoms with E-state index in [4.69, 9.17) is 4.74 Å². The number of sulfonamides is 1. The highest BCUT2D eigenvalue weighted by Crippen LogP contribution is 2.20. The van der Waals surface area contributed by atoms with Crippen molar-refractivity contribution in [3.05, 3.63) is 29.8 Å². The Morgan fingerprint density at radius 3 is 2.30 bits per heavy atom. The molecule has 6 nitrogen and oxygen atoms in total. The number of piperidine rings is 1. The Hall–Kier alpha value is -1.60. The number of carbonyl (C=O) groups excluding carboxylic acids is 1. The van der Waals surface area contributed by atoms with Crippen LogP contribution in [0.5, 0.6) is 5.75 Å². The van der Waals surface area contributed by atoms with Crippen molar-refractivity contribution in [2.24, 2.45) is 5.92 Å². The van der Waals surface area contributed by atoms with Gasteiger partial charge in [0, 0.05) is 25.0 Å². The molecule has 27 heavy (non-hydrogen) atoms. The van der Waals surface area contributed by atoms with Gasteiger partial charge in [-0.05, 0) is 64.2 Å². The number of ether oxygens (including phenoxy) is 1.